The average Bonchev–Trinajstić information content (AvgIpc) is 2.55. The fourth-order valence-corrected chi connectivity index (χ4v) is 3.98. The minimum atomic E-state index is -3.62. The summed E-state index contributed by atoms with van der Waals surface area (Å²) in [7, 11) is -2.14. The summed E-state index contributed by atoms with van der Waals surface area (Å²) in [6, 6.07) is 8.09. The van der Waals surface area contributed by atoms with Gasteiger partial charge in [-0.2, -0.15) is 22.3 Å². The van der Waals surface area contributed by atoms with Gasteiger partial charge in [-0.15, -0.1) is 0 Å². The zero-order valence-electron chi connectivity index (χ0n) is 13.2. The molecule has 2 rings (SSSR count). The summed E-state index contributed by atoms with van der Waals surface area (Å²) in [5.74, 6) is -0.296. The number of halogens is 1. The van der Waals surface area contributed by atoms with Crippen LogP contribution in [-0.2, 0) is 10.2 Å². The van der Waals surface area contributed by atoms with Gasteiger partial charge in [0, 0.05) is 31.7 Å². The molecule has 0 spiro atoms. The summed E-state index contributed by atoms with van der Waals surface area (Å²) in [6.45, 7) is 2.20. The van der Waals surface area contributed by atoms with Gasteiger partial charge in [-0.25, -0.2) is 4.39 Å². The Morgan fingerprint density at radius 1 is 1.43 bits per heavy atom. The first-order valence-electron chi connectivity index (χ1n) is 7.42. The van der Waals surface area contributed by atoms with Crippen molar-refractivity contribution in [2.75, 3.05) is 20.1 Å². The monoisotopic (exact) mass is 337 g/mol. The molecule has 5 nitrogen and oxygen atoms in total. The van der Waals surface area contributed by atoms with Gasteiger partial charge in [-0.3, -0.25) is 0 Å². The van der Waals surface area contributed by atoms with Crippen molar-refractivity contribution in [3.05, 3.63) is 41.7 Å². The third kappa shape index (κ3) is 3.78. The largest absolute Gasteiger partial charge is 0.282 e. The van der Waals surface area contributed by atoms with Crippen LogP contribution in [-0.4, -0.2) is 43.2 Å². The molecule has 1 atom stereocenters. The average molecular weight is 337 g/mol. The number of hydrogen-bond acceptors (Lipinski definition) is 3. The SMILES string of the molecule is CC(CC#N)N(C)S(=O)(=O)N1CC=C(c2ccccc2F)CC1. The molecule has 0 aromatic heterocycles. The molecule has 124 valence electrons. The smallest absolute Gasteiger partial charge is 0.206 e. The van der Waals surface area contributed by atoms with Crippen LogP contribution in [0.1, 0.15) is 25.3 Å². The van der Waals surface area contributed by atoms with Crippen molar-refractivity contribution >= 4 is 15.8 Å². The number of hydrogen-bond donors (Lipinski definition) is 0. The van der Waals surface area contributed by atoms with Crippen molar-refractivity contribution in [1.82, 2.24) is 8.61 Å². The van der Waals surface area contributed by atoms with E-state index in [0.29, 0.717) is 18.5 Å². The normalized spacial score (nSPS) is 17.6. The molecule has 0 amide bonds. The molecule has 1 aromatic rings. The highest BCUT2D eigenvalue weighted by molar-refractivity contribution is 7.86. The van der Waals surface area contributed by atoms with Gasteiger partial charge < -0.3 is 0 Å². The Bertz CT molecular complexity index is 740. The number of nitriles is 1. The molecular formula is C16H20FN3O2S. The number of rotatable bonds is 5. The lowest BCUT2D eigenvalue weighted by molar-refractivity contribution is 0.337. The Kier molecular flexibility index (Phi) is 5.52. The lowest BCUT2D eigenvalue weighted by Gasteiger charge is -2.32. The van der Waals surface area contributed by atoms with Gasteiger partial charge in [0.25, 0.3) is 10.2 Å². The van der Waals surface area contributed by atoms with Gasteiger partial charge in [0.2, 0.25) is 0 Å². The minimum absolute atomic E-state index is 0.139. The van der Waals surface area contributed by atoms with Gasteiger partial charge in [0.1, 0.15) is 5.82 Å². The van der Waals surface area contributed by atoms with Crippen molar-refractivity contribution in [3.63, 3.8) is 0 Å². The van der Waals surface area contributed by atoms with Gasteiger partial charge in [-0.1, -0.05) is 24.3 Å². The molecule has 1 aliphatic heterocycles. The van der Waals surface area contributed by atoms with Crippen molar-refractivity contribution in [2.45, 2.75) is 25.8 Å². The Balaban J connectivity index is 2.14. The van der Waals surface area contributed by atoms with Crippen molar-refractivity contribution < 1.29 is 12.8 Å². The first-order valence-corrected chi connectivity index (χ1v) is 8.81. The van der Waals surface area contributed by atoms with Crippen LogP contribution >= 0.6 is 0 Å². The lowest BCUT2D eigenvalue weighted by atomic mass is 10.00. The van der Waals surface area contributed by atoms with E-state index in [1.807, 2.05) is 6.07 Å². The van der Waals surface area contributed by atoms with E-state index in [9.17, 15) is 12.8 Å². The van der Waals surface area contributed by atoms with E-state index in [2.05, 4.69) is 0 Å². The molecule has 1 aromatic carbocycles. The molecule has 0 fully saturated rings. The molecule has 0 bridgehead atoms. The first-order chi connectivity index (χ1) is 10.9. The molecular weight excluding hydrogens is 317 g/mol. The molecule has 1 aliphatic rings. The van der Waals surface area contributed by atoms with Crippen LogP contribution in [0.3, 0.4) is 0 Å². The Hall–Kier alpha value is -1.75. The zero-order chi connectivity index (χ0) is 17.0. The molecule has 1 heterocycles. The maximum atomic E-state index is 13.8. The highest BCUT2D eigenvalue weighted by atomic mass is 32.2. The predicted octanol–water partition coefficient (Wildman–Crippen LogP) is 2.39. The molecule has 7 heteroatoms. The van der Waals surface area contributed by atoms with Crippen LogP contribution in [0.2, 0.25) is 0 Å². The summed E-state index contributed by atoms with van der Waals surface area (Å²) >= 11 is 0. The summed E-state index contributed by atoms with van der Waals surface area (Å²) in [6.07, 6.45) is 2.35. The van der Waals surface area contributed by atoms with E-state index >= 15 is 0 Å². The predicted molar refractivity (Wildman–Crippen MR) is 86.9 cm³/mol. The van der Waals surface area contributed by atoms with E-state index in [1.54, 1.807) is 31.2 Å². The molecule has 1 unspecified atom stereocenters. The fourth-order valence-electron chi connectivity index (χ4n) is 2.50. The number of nitrogens with zero attached hydrogens (tertiary/aromatic N) is 3. The van der Waals surface area contributed by atoms with E-state index in [4.69, 9.17) is 5.26 Å². The van der Waals surface area contributed by atoms with Crippen LogP contribution in [0, 0.1) is 17.1 Å². The van der Waals surface area contributed by atoms with E-state index in [1.165, 1.54) is 21.7 Å². The number of benzene rings is 1. The van der Waals surface area contributed by atoms with Crippen LogP contribution in [0.5, 0.6) is 0 Å². The maximum Gasteiger partial charge on any atom is 0.282 e. The second-order valence-electron chi connectivity index (χ2n) is 5.55. The van der Waals surface area contributed by atoms with Crippen LogP contribution in [0.25, 0.3) is 5.57 Å². The van der Waals surface area contributed by atoms with E-state index in [-0.39, 0.29) is 24.8 Å². The third-order valence-electron chi connectivity index (χ3n) is 4.09. The molecule has 0 aliphatic carbocycles. The van der Waals surface area contributed by atoms with Crippen molar-refractivity contribution in [2.24, 2.45) is 0 Å². The highest BCUT2D eigenvalue weighted by Crippen LogP contribution is 2.26. The second kappa shape index (κ2) is 7.21. The summed E-state index contributed by atoms with van der Waals surface area (Å²) in [4.78, 5) is 0. The van der Waals surface area contributed by atoms with Gasteiger partial charge in [0.15, 0.2) is 0 Å². The zero-order valence-corrected chi connectivity index (χ0v) is 14.1. The standard InChI is InChI=1S/C16H20FN3O2S/c1-13(7-10-18)19(2)23(21,22)20-11-8-14(9-12-20)15-5-3-4-6-16(15)17/h3-6,8,13H,7,9,11-12H2,1-2H3. The molecule has 0 N–H and O–H groups in total. The van der Waals surface area contributed by atoms with Gasteiger partial charge >= 0.3 is 0 Å². The Morgan fingerprint density at radius 2 is 2.13 bits per heavy atom. The highest BCUT2D eigenvalue weighted by Gasteiger charge is 2.31. The van der Waals surface area contributed by atoms with Crippen molar-refractivity contribution in [1.29, 1.82) is 5.26 Å². The Morgan fingerprint density at radius 3 is 2.70 bits per heavy atom. The maximum absolute atomic E-state index is 13.8. The van der Waals surface area contributed by atoms with E-state index in [0.717, 1.165) is 5.57 Å². The Labute approximate surface area is 136 Å². The molecule has 0 saturated heterocycles. The quantitative estimate of drug-likeness (QED) is 0.829. The first kappa shape index (κ1) is 17.6. The van der Waals surface area contributed by atoms with E-state index < -0.39 is 10.2 Å². The topological polar surface area (TPSA) is 64.4 Å². The third-order valence-corrected chi connectivity index (χ3v) is 6.16. The summed E-state index contributed by atoms with van der Waals surface area (Å²) in [5.41, 5.74) is 1.35. The van der Waals surface area contributed by atoms with Crippen LogP contribution < -0.4 is 0 Å². The summed E-state index contributed by atoms with van der Waals surface area (Å²) < 4.78 is 41.5. The molecule has 23 heavy (non-hydrogen) atoms. The van der Waals surface area contributed by atoms with Crippen LogP contribution in [0.15, 0.2) is 30.3 Å². The minimum Gasteiger partial charge on any atom is -0.206 e. The van der Waals surface area contributed by atoms with Gasteiger partial charge in [-0.05, 0) is 25.0 Å². The van der Waals surface area contributed by atoms with Crippen molar-refractivity contribution in [3.8, 4) is 6.07 Å². The lowest BCUT2D eigenvalue weighted by Crippen LogP contribution is -2.46. The van der Waals surface area contributed by atoms with Gasteiger partial charge in [0.05, 0.1) is 12.5 Å². The second-order valence-corrected chi connectivity index (χ2v) is 7.54. The molecule has 0 radical (unpaired) electrons. The van der Waals surface area contributed by atoms with Crippen LogP contribution in [0.4, 0.5) is 4.39 Å². The molecule has 0 saturated carbocycles. The fraction of sp³-hybridized carbons (Fsp3) is 0.438. The summed E-state index contributed by atoms with van der Waals surface area (Å²) in [5, 5.41) is 8.72.